The van der Waals surface area contributed by atoms with Crippen molar-refractivity contribution in [2.24, 2.45) is 0 Å². The first-order valence-electron chi connectivity index (χ1n) is 8.34. The topological polar surface area (TPSA) is 65.2 Å². The highest BCUT2D eigenvalue weighted by Gasteiger charge is 2.22. The zero-order valence-corrected chi connectivity index (χ0v) is 15.1. The van der Waals surface area contributed by atoms with Crippen LogP contribution in [0.15, 0.2) is 30.5 Å². The molecule has 1 aliphatic rings. The van der Waals surface area contributed by atoms with Crippen molar-refractivity contribution in [2.75, 3.05) is 26.4 Å². The van der Waals surface area contributed by atoms with Crippen LogP contribution in [0, 0.1) is 0 Å². The smallest absolute Gasteiger partial charge is 0.208 e. The van der Waals surface area contributed by atoms with Gasteiger partial charge >= 0.3 is 0 Å². The molecule has 1 atom stereocenters. The van der Waals surface area contributed by atoms with Crippen LogP contribution in [0.3, 0.4) is 0 Å². The highest BCUT2D eigenvalue weighted by Crippen LogP contribution is 2.25. The summed E-state index contributed by atoms with van der Waals surface area (Å²) in [6, 6.07) is 6.93. The molecule has 0 unspecified atom stereocenters. The molecule has 1 aromatic heterocycles. The van der Waals surface area contributed by atoms with Crippen LogP contribution in [0.4, 0.5) is 0 Å². The Morgan fingerprint density at radius 3 is 2.96 bits per heavy atom. The number of sulfonamides is 1. The molecule has 1 saturated heterocycles. The molecule has 0 saturated carbocycles. The Morgan fingerprint density at radius 1 is 1.42 bits per heavy atom. The van der Waals surface area contributed by atoms with Crippen molar-refractivity contribution in [3.8, 4) is 0 Å². The van der Waals surface area contributed by atoms with Crippen LogP contribution in [0.1, 0.15) is 24.0 Å². The van der Waals surface area contributed by atoms with Gasteiger partial charge in [0.1, 0.15) is 0 Å². The van der Waals surface area contributed by atoms with Crippen molar-refractivity contribution >= 4 is 27.0 Å². The molecule has 2 aromatic rings. The molecule has 0 spiro atoms. The van der Waals surface area contributed by atoms with Gasteiger partial charge < -0.3 is 9.88 Å². The number of benzene rings is 1. The predicted octanol–water partition coefficient (Wildman–Crippen LogP) is 2.37. The number of likely N-dealkylation sites (tertiary alicyclic amines) is 1. The molecule has 6 heteroatoms. The molecule has 0 radical (unpaired) electrons. The van der Waals surface area contributed by atoms with Gasteiger partial charge in [-0.25, -0.2) is 13.1 Å². The maximum absolute atomic E-state index is 11.1. The fraction of sp³-hybridized carbons (Fsp3) is 0.444. The number of aromatic nitrogens is 1. The number of aromatic amines is 1. The Bertz CT molecular complexity index is 839. The maximum Gasteiger partial charge on any atom is 0.208 e. The first-order chi connectivity index (χ1) is 11.4. The molecule has 0 amide bonds. The average molecular weight is 347 g/mol. The van der Waals surface area contributed by atoms with E-state index < -0.39 is 10.0 Å². The number of rotatable bonds is 6. The van der Waals surface area contributed by atoms with Crippen molar-refractivity contribution in [1.82, 2.24) is 14.6 Å². The number of hydrogen-bond donors (Lipinski definition) is 2. The van der Waals surface area contributed by atoms with E-state index in [1.165, 1.54) is 36.6 Å². The van der Waals surface area contributed by atoms with E-state index in [0.29, 0.717) is 12.6 Å². The van der Waals surface area contributed by atoms with Crippen molar-refractivity contribution < 1.29 is 8.42 Å². The minimum absolute atomic E-state index is 0.309. The molecular formula is C18H25N3O2S. The molecule has 0 bridgehead atoms. The SMILES string of the molecule is CN1CCC[C@@H]1Cc1c[nH]c2ccc(C=CCNS(C)(=O)=O)cc12. The monoisotopic (exact) mass is 347 g/mol. The second-order valence-electron chi connectivity index (χ2n) is 6.62. The van der Waals surface area contributed by atoms with E-state index in [0.717, 1.165) is 17.5 Å². The van der Waals surface area contributed by atoms with Crippen LogP contribution < -0.4 is 4.72 Å². The molecule has 1 aromatic carbocycles. The second kappa shape index (κ2) is 7.09. The lowest BCUT2D eigenvalue weighted by atomic mass is 10.0. The van der Waals surface area contributed by atoms with Gasteiger partial charge in [0.05, 0.1) is 6.26 Å². The van der Waals surface area contributed by atoms with Crippen molar-refractivity contribution in [3.05, 3.63) is 41.6 Å². The molecule has 5 nitrogen and oxygen atoms in total. The maximum atomic E-state index is 11.1. The first-order valence-corrected chi connectivity index (χ1v) is 10.2. The van der Waals surface area contributed by atoms with E-state index in [-0.39, 0.29) is 0 Å². The van der Waals surface area contributed by atoms with Crippen LogP contribution in [0.5, 0.6) is 0 Å². The number of hydrogen-bond acceptors (Lipinski definition) is 3. The van der Waals surface area contributed by atoms with Gasteiger partial charge in [-0.2, -0.15) is 0 Å². The number of nitrogens with zero attached hydrogens (tertiary/aromatic N) is 1. The summed E-state index contributed by atoms with van der Waals surface area (Å²) >= 11 is 0. The molecule has 3 rings (SSSR count). The minimum Gasteiger partial charge on any atom is -0.361 e. The molecule has 1 aliphatic heterocycles. The summed E-state index contributed by atoms with van der Waals surface area (Å²) in [5.41, 5.74) is 3.59. The van der Waals surface area contributed by atoms with Crippen molar-refractivity contribution in [3.63, 3.8) is 0 Å². The number of nitrogens with one attached hydrogen (secondary N) is 2. The van der Waals surface area contributed by atoms with E-state index in [1.54, 1.807) is 0 Å². The van der Waals surface area contributed by atoms with Crippen molar-refractivity contribution in [1.29, 1.82) is 0 Å². The highest BCUT2D eigenvalue weighted by molar-refractivity contribution is 7.88. The summed E-state index contributed by atoms with van der Waals surface area (Å²) in [7, 11) is -0.937. The Kier molecular flexibility index (Phi) is 5.08. The predicted molar refractivity (Wildman–Crippen MR) is 99.5 cm³/mol. The second-order valence-corrected chi connectivity index (χ2v) is 8.46. The summed E-state index contributed by atoms with van der Waals surface area (Å²) in [5.74, 6) is 0. The zero-order valence-electron chi connectivity index (χ0n) is 14.2. The molecular weight excluding hydrogens is 322 g/mol. The van der Waals surface area contributed by atoms with Crippen LogP contribution in [-0.4, -0.2) is 50.7 Å². The van der Waals surface area contributed by atoms with Gasteiger partial charge in [0.25, 0.3) is 0 Å². The van der Waals surface area contributed by atoms with E-state index in [4.69, 9.17) is 0 Å². The van der Waals surface area contributed by atoms with E-state index in [9.17, 15) is 8.42 Å². The first kappa shape index (κ1) is 17.2. The average Bonchev–Trinajstić information content (AvgIpc) is 3.10. The molecule has 24 heavy (non-hydrogen) atoms. The van der Waals surface area contributed by atoms with Crippen LogP contribution in [0.2, 0.25) is 0 Å². The fourth-order valence-corrected chi connectivity index (χ4v) is 3.75. The lowest BCUT2D eigenvalue weighted by Gasteiger charge is -2.18. The van der Waals surface area contributed by atoms with Crippen LogP contribution >= 0.6 is 0 Å². The third kappa shape index (κ3) is 4.26. The number of H-pyrrole nitrogens is 1. The summed E-state index contributed by atoms with van der Waals surface area (Å²) in [6.07, 6.45) is 10.7. The number of likely N-dealkylation sites (N-methyl/N-ethyl adjacent to an activating group) is 1. The quantitative estimate of drug-likeness (QED) is 0.843. The summed E-state index contributed by atoms with van der Waals surface area (Å²) in [4.78, 5) is 5.80. The van der Waals surface area contributed by atoms with Crippen LogP contribution in [0.25, 0.3) is 17.0 Å². The van der Waals surface area contributed by atoms with E-state index in [1.807, 2.05) is 18.2 Å². The van der Waals surface area contributed by atoms with Gasteiger partial charge in [0, 0.05) is 29.7 Å². The Labute approximate surface area is 143 Å². The third-order valence-corrected chi connectivity index (χ3v) is 5.38. The van der Waals surface area contributed by atoms with Crippen LogP contribution in [-0.2, 0) is 16.4 Å². The Balaban J connectivity index is 1.74. The molecule has 130 valence electrons. The van der Waals surface area contributed by atoms with Gasteiger partial charge in [-0.3, -0.25) is 0 Å². The third-order valence-electron chi connectivity index (χ3n) is 4.69. The van der Waals surface area contributed by atoms with Gasteiger partial charge in [-0.05, 0) is 56.1 Å². The zero-order chi connectivity index (χ0) is 17.2. The Hall–Kier alpha value is -1.63. The molecule has 1 fully saturated rings. The summed E-state index contributed by atoms with van der Waals surface area (Å²) in [5, 5.41) is 1.26. The molecule has 2 heterocycles. The van der Waals surface area contributed by atoms with Gasteiger partial charge in [-0.1, -0.05) is 18.2 Å². The number of fused-ring (bicyclic) bond motifs is 1. The largest absolute Gasteiger partial charge is 0.361 e. The summed E-state index contributed by atoms with van der Waals surface area (Å²) in [6.45, 7) is 1.50. The van der Waals surface area contributed by atoms with E-state index >= 15 is 0 Å². The van der Waals surface area contributed by atoms with E-state index in [2.05, 4.69) is 40.0 Å². The molecule has 2 N–H and O–H groups in total. The lowest BCUT2D eigenvalue weighted by Crippen LogP contribution is -2.26. The fourth-order valence-electron chi connectivity index (χ4n) is 3.35. The van der Waals surface area contributed by atoms with Gasteiger partial charge in [-0.15, -0.1) is 0 Å². The standard InChI is InChI=1S/C18H25N3O2S/c1-21-10-4-6-16(21)12-15-13-19-18-8-7-14(11-17(15)18)5-3-9-20-24(2,22)23/h3,5,7-8,11,13,16,19-20H,4,6,9-10,12H2,1-2H3/t16-/m1/s1. The molecule has 0 aliphatic carbocycles. The van der Waals surface area contributed by atoms with Gasteiger partial charge in [0.15, 0.2) is 0 Å². The van der Waals surface area contributed by atoms with Crippen molar-refractivity contribution in [2.45, 2.75) is 25.3 Å². The Morgan fingerprint density at radius 2 is 2.25 bits per heavy atom. The lowest BCUT2D eigenvalue weighted by molar-refractivity contribution is 0.310. The van der Waals surface area contributed by atoms with Gasteiger partial charge in [0.2, 0.25) is 10.0 Å². The minimum atomic E-state index is -3.14. The highest BCUT2D eigenvalue weighted by atomic mass is 32.2. The normalized spacial score (nSPS) is 19.7. The summed E-state index contributed by atoms with van der Waals surface area (Å²) < 4.78 is 24.6.